The summed E-state index contributed by atoms with van der Waals surface area (Å²) in [4.78, 5) is 19.5. The minimum Gasteiger partial charge on any atom is -0.372 e. The van der Waals surface area contributed by atoms with Crippen LogP contribution in [-0.2, 0) is 4.79 Å². The molecule has 0 N–H and O–H groups in total. The average molecular weight is 374 g/mol. The number of thioether (sulfide) groups is 1. The van der Waals surface area contributed by atoms with E-state index in [1.54, 1.807) is 11.8 Å². The van der Waals surface area contributed by atoms with Crippen LogP contribution in [0, 0.1) is 0 Å². The summed E-state index contributed by atoms with van der Waals surface area (Å²) in [6.07, 6.45) is 7.76. The molecule has 5 heteroatoms. The summed E-state index contributed by atoms with van der Waals surface area (Å²) in [6, 6.07) is 8.97. The highest BCUT2D eigenvalue weighted by molar-refractivity contribution is 8.00. The lowest BCUT2D eigenvalue weighted by Crippen LogP contribution is -2.34. The van der Waals surface area contributed by atoms with E-state index in [9.17, 15) is 4.79 Å². The molecule has 4 nitrogen and oxygen atoms in total. The molecule has 0 bridgehead atoms. The Bertz CT molecular complexity index is 594. The van der Waals surface area contributed by atoms with Gasteiger partial charge in [-0.2, -0.15) is 0 Å². The Hall–Kier alpha value is -1.20. The van der Waals surface area contributed by atoms with Gasteiger partial charge in [0.1, 0.15) is 5.37 Å². The lowest BCUT2D eigenvalue weighted by atomic mass is 10.1. The number of hydrogen-bond acceptors (Lipinski definition) is 4. The number of nitrogens with zero attached hydrogens (tertiary/aromatic N) is 3. The zero-order valence-corrected chi connectivity index (χ0v) is 16.6. The minimum atomic E-state index is 0.205. The van der Waals surface area contributed by atoms with E-state index in [2.05, 4.69) is 39.0 Å². The van der Waals surface area contributed by atoms with Crippen molar-refractivity contribution in [3.8, 4) is 0 Å². The average Bonchev–Trinajstić information content (AvgIpc) is 3.34. The van der Waals surface area contributed by atoms with E-state index < -0.39 is 0 Å². The molecule has 1 atom stereocenters. The fourth-order valence-electron chi connectivity index (χ4n) is 4.44. The van der Waals surface area contributed by atoms with Gasteiger partial charge in [-0.3, -0.25) is 4.79 Å². The van der Waals surface area contributed by atoms with E-state index in [0.717, 1.165) is 19.5 Å². The summed E-state index contributed by atoms with van der Waals surface area (Å²) >= 11 is 1.78. The predicted molar refractivity (Wildman–Crippen MR) is 110 cm³/mol. The molecule has 3 aliphatic heterocycles. The molecule has 3 fully saturated rings. The molecule has 0 aromatic heterocycles. The van der Waals surface area contributed by atoms with E-state index in [4.69, 9.17) is 0 Å². The van der Waals surface area contributed by atoms with Crippen LogP contribution >= 0.6 is 11.8 Å². The summed E-state index contributed by atoms with van der Waals surface area (Å²) < 4.78 is 0. The van der Waals surface area contributed by atoms with E-state index in [0.29, 0.717) is 11.7 Å². The van der Waals surface area contributed by atoms with Crippen molar-refractivity contribution in [1.82, 2.24) is 9.80 Å². The first-order valence-electron chi connectivity index (χ1n) is 10.3. The van der Waals surface area contributed by atoms with E-state index in [1.165, 1.54) is 69.5 Å². The zero-order chi connectivity index (χ0) is 17.8. The maximum atomic E-state index is 12.4. The van der Waals surface area contributed by atoms with Crippen LogP contribution in [0.3, 0.4) is 0 Å². The first kappa shape index (κ1) is 18.2. The third kappa shape index (κ3) is 4.20. The van der Waals surface area contributed by atoms with Crippen LogP contribution in [0.15, 0.2) is 24.3 Å². The quantitative estimate of drug-likeness (QED) is 0.759. The van der Waals surface area contributed by atoms with Gasteiger partial charge >= 0.3 is 0 Å². The summed E-state index contributed by atoms with van der Waals surface area (Å²) in [5.74, 6) is 0.935. The molecule has 142 valence electrons. The molecule has 0 radical (unpaired) electrons. The minimum absolute atomic E-state index is 0.205. The van der Waals surface area contributed by atoms with Gasteiger partial charge in [0.25, 0.3) is 0 Å². The maximum absolute atomic E-state index is 12.4. The Morgan fingerprint density at radius 2 is 1.58 bits per heavy atom. The number of likely N-dealkylation sites (tertiary alicyclic amines) is 1. The SMILES string of the molecule is O=C1CSC(c2ccc(N3CCCC3)cc2)N1CCCN1CCCCC1. The second kappa shape index (κ2) is 8.66. The van der Waals surface area contributed by atoms with Gasteiger partial charge in [-0.15, -0.1) is 11.8 Å². The zero-order valence-electron chi connectivity index (χ0n) is 15.7. The molecule has 0 aliphatic carbocycles. The number of carbonyl (C=O) groups is 1. The largest absolute Gasteiger partial charge is 0.372 e. The molecule has 26 heavy (non-hydrogen) atoms. The van der Waals surface area contributed by atoms with Crippen molar-refractivity contribution >= 4 is 23.4 Å². The third-order valence-electron chi connectivity index (χ3n) is 5.94. The van der Waals surface area contributed by atoms with Crippen LogP contribution in [0.5, 0.6) is 0 Å². The molecule has 3 saturated heterocycles. The van der Waals surface area contributed by atoms with Crippen LogP contribution in [-0.4, -0.2) is 60.7 Å². The first-order chi connectivity index (χ1) is 12.8. The predicted octanol–water partition coefficient (Wildman–Crippen LogP) is 3.74. The van der Waals surface area contributed by atoms with Crippen molar-refractivity contribution in [2.24, 2.45) is 0 Å². The fourth-order valence-corrected chi connectivity index (χ4v) is 5.66. The van der Waals surface area contributed by atoms with Gasteiger partial charge in [-0.05, 0) is 69.4 Å². The number of benzene rings is 1. The smallest absolute Gasteiger partial charge is 0.233 e. The summed E-state index contributed by atoms with van der Waals surface area (Å²) in [7, 11) is 0. The van der Waals surface area contributed by atoms with Crippen LogP contribution in [0.25, 0.3) is 0 Å². The molecular weight excluding hydrogens is 342 g/mol. The number of anilines is 1. The Labute approximate surface area is 161 Å². The van der Waals surface area contributed by atoms with Crippen molar-refractivity contribution in [3.63, 3.8) is 0 Å². The Balaban J connectivity index is 1.34. The highest BCUT2D eigenvalue weighted by atomic mass is 32.2. The lowest BCUT2D eigenvalue weighted by molar-refractivity contribution is -0.128. The fraction of sp³-hybridized carbons (Fsp3) is 0.667. The second-order valence-electron chi connectivity index (χ2n) is 7.79. The van der Waals surface area contributed by atoms with Crippen LogP contribution in [0.4, 0.5) is 5.69 Å². The Kier molecular flexibility index (Phi) is 6.05. The number of amides is 1. The Morgan fingerprint density at radius 3 is 2.31 bits per heavy atom. The van der Waals surface area contributed by atoms with Crippen LogP contribution < -0.4 is 4.90 Å². The van der Waals surface area contributed by atoms with Gasteiger partial charge in [0.2, 0.25) is 5.91 Å². The highest BCUT2D eigenvalue weighted by Gasteiger charge is 2.32. The first-order valence-corrected chi connectivity index (χ1v) is 11.3. The molecule has 1 aromatic rings. The number of carbonyl (C=O) groups excluding carboxylic acids is 1. The molecule has 3 heterocycles. The standard InChI is InChI=1S/C21H31N3OS/c25-20-17-26-21(24(20)16-6-13-22-11-2-1-3-12-22)18-7-9-19(10-8-18)23-14-4-5-15-23/h7-10,21H,1-6,11-17H2. The molecule has 1 amide bonds. The van der Waals surface area contributed by atoms with Gasteiger partial charge in [0, 0.05) is 25.3 Å². The van der Waals surface area contributed by atoms with E-state index in [1.807, 2.05) is 0 Å². The van der Waals surface area contributed by atoms with Gasteiger partial charge in [-0.25, -0.2) is 0 Å². The van der Waals surface area contributed by atoms with Gasteiger partial charge in [-0.1, -0.05) is 18.6 Å². The van der Waals surface area contributed by atoms with Crippen molar-refractivity contribution < 1.29 is 4.79 Å². The van der Waals surface area contributed by atoms with Gasteiger partial charge in [0.15, 0.2) is 0 Å². The van der Waals surface area contributed by atoms with E-state index in [-0.39, 0.29) is 5.37 Å². The summed E-state index contributed by atoms with van der Waals surface area (Å²) in [6.45, 7) is 6.86. The van der Waals surface area contributed by atoms with Gasteiger partial charge in [0.05, 0.1) is 5.75 Å². The molecule has 4 rings (SSSR count). The second-order valence-corrected chi connectivity index (χ2v) is 8.86. The van der Waals surface area contributed by atoms with E-state index >= 15 is 0 Å². The molecule has 1 unspecified atom stereocenters. The number of piperidine rings is 1. The van der Waals surface area contributed by atoms with Crippen LogP contribution in [0.1, 0.15) is 49.5 Å². The maximum Gasteiger partial charge on any atom is 0.233 e. The number of rotatable bonds is 6. The van der Waals surface area contributed by atoms with Crippen molar-refractivity contribution in [3.05, 3.63) is 29.8 Å². The van der Waals surface area contributed by atoms with Crippen molar-refractivity contribution in [1.29, 1.82) is 0 Å². The van der Waals surface area contributed by atoms with Crippen molar-refractivity contribution in [2.45, 2.75) is 43.9 Å². The monoisotopic (exact) mass is 373 g/mol. The normalized spacial score (nSPS) is 24.6. The number of hydrogen-bond donors (Lipinski definition) is 0. The Morgan fingerprint density at radius 1 is 0.885 bits per heavy atom. The lowest BCUT2D eigenvalue weighted by Gasteiger charge is -2.29. The summed E-state index contributed by atoms with van der Waals surface area (Å²) in [5.41, 5.74) is 2.61. The van der Waals surface area contributed by atoms with Crippen LogP contribution in [0.2, 0.25) is 0 Å². The topological polar surface area (TPSA) is 26.8 Å². The molecule has 3 aliphatic rings. The summed E-state index contributed by atoms with van der Waals surface area (Å²) in [5, 5.41) is 0.205. The molecule has 0 spiro atoms. The molecular formula is C21H31N3OS. The molecule has 1 aromatic carbocycles. The third-order valence-corrected chi connectivity index (χ3v) is 7.20. The van der Waals surface area contributed by atoms with Gasteiger partial charge < -0.3 is 14.7 Å². The molecule has 0 saturated carbocycles. The highest BCUT2D eigenvalue weighted by Crippen LogP contribution is 2.39. The van der Waals surface area contributed by atoms with Crippen molar-refractivity contribution in [2.75, 3.05) is 49.9 Å².